The fourth-order valence-electron chi connectivity index (χ4n) is 2.19. The van der Waals surface area contributed by atoms with Gasteiger partial charge in [0.05, 0.1) is 5.69 Å². The summed E-state index contributed by atoms with van der Waals surface area (Å²) in [5.41, 5.74) is 0.00839. The topological polar surface area (TPSA) is 94.0 Å². The maximum Gasteiger partial charge on any atom is 0.285 e. The van der Waals surface area contributed by atoms with Gasteiger partial charge >= 0.3 is 0 Å². The van der Waals surface area contributed by atoms with Crippen molar-refractivity contribution in [2.45, 2.75) is 17.9 Å². The predicted octanol–water partition coefficient (Wildman–Crippen LogP) is 2.88. The quantitative estimate of drug-likeness (QED) is 0.721. The van der Waals surface area contributed by atoms with Crippen LogP contribution in [0.1, 0.15) is 23.0 Å². The van der Waals surface area contributed by atoms with E-state index in [1.807, 2.05) is 0 Å². The molecule has 0 atom stereocenters. The van der Waals surface area contributed by atoms with Crippen LogP contribution in [0.15, 0.2) is 66.2 Å². The number of hydrogen-bond acceptors (Lipinski definition) is 5. The molecule has 0 aliphatic carbocycles. The molecule has 0 aliphatic heterocycles. The number of rotatable bonds is 5. The van der Waals surface area contributed by atoms with E-state index in [2.05, 4.69) is 15.3 Å². The van der Waals surface area contributed by atoms with Crippen LogP contribution in [-0.2, 0) is 15.9 Å². The van der Waals surface area contributed by atoms with Crippen LogP contribution in [0.5, 0.6) is 0 Å². The molecule has 0 unspecified atom stereocenters. The summed E-state index contributed by atoms with van der Waals surface area (Å²) in [5, 5.41) is 2.13. The van der Waals surface area contributed by atoms with E-state index in [1.54, 1.807) is 12.1 Å². The lowest BCUT2D eigenvalue weighted by atomic mass is 10.2. The van der Waals surface area contributed by atoms with Crippen molar-refractivity contribution in [1.82, 2.24) is 13.9 Å². The Morgan fingerprint density at radius 2 is 1.93 bits per heavy atom. The normalized spacial score (nSPS) is 12.0. The summed E-state index contributed by atoms with van der Waals surface area (Å²) in [6.45, 7) is 0.695. The zero-order valence-electron chi connectivity index (χ0n) is 14.0. The number of nitrogens with one attached hydrogen (secondary N) is 1. The van der Waals surface area contributed by atoms with E-state index in [0.29, 0.717) is 6.92 Å². The van der Waals surface area contributed by atoms with Gasteiger partial charge in [0.15, 0.2) is 5.03 Å². The van der Waals surface area contributed by atoms with Crippen LogP contribution in [0.25, 0.3) is 0 Å². The smallest absolute Gasteiger partial charge is 0.285 e. The molecule has 0 aliphatic rings. The van der Waals surface area contributed by atoms with Crippen LogP contribution >= 0.6 is 0 Å². The first-order chi connectivity index (χ1) is 12.7. The Morgan fingerprint density at radius 1 is 1.15 bits per heavy atom. The van der Waals surface area contributed by atoms with E-state index in [-0.39, 0.29) is 11.4 Å². The number of halogens is 2. The van der Waals surface area contributed by atoms with Crippen molar-refractivity contribution in [2.75, 3.05) is 5.32 Å². The molecular weight excluding hydrogens is 378 g/mol. The molecule has 3 rings (SSSR count). The number of hydrogen-bond donors (Lipinski definition) is 1. The van der Waals surface area contributed by atoms with E-state index in [4.69, 9.17) is 0 Å². The highest BCUT2D eigenvalue weighted by Gasteiger charge is 2.26. The van der Waals surface area contributed by atoms with Crippen molar-refractivity contribution in [1.29, 1.82) is 0 Å². The molecule has 1 amide bonds. The number of carbonyl (C=O) groups excluding carboxylic acids is 1. The number of aromatic nitrogens is 3. The van der Waals surface area contributed by atoms with E-state index in [9.17, 15) is 22.0 Å². The van der Waals surface area contributed by atoms with Gasteiger partial charge in [0, 0.05) is 37.3 Å². The van der Waals surface area contributed by atoms with Gasteiger partial charge in [-0.1, -0.05) is 6.07 Å². The largest absolute Gasteiger partial charge is 0.319 e. The summed E-state index contributed by atoms with van der Waals surface area (Å²) in [7, 11) is -4.09. The first-order valence-corrected chi connectivity index (χ1v) is 9.12. The number of nitrogens with zero attached hydrogens (tertiary/aromatic N) is 3. The first kappa shape index (κ1) is 18.6. The molecule has 3 aromatic heterocycles. The SMILES string of the molecule is CC(F)(F)c1ccc(S(=O)(=O)n2ccc(NC(=O)c3ccccn3)c2)nc1. The number of carbonyl (C=O) groups is 1. The maximum absolute atomic E-state index is 13.2. The third-order valence-corrected chi connectivity index (χ3v) is 5.16. The summed E-state index contributed by atoms with van der Waals surface area (Å²) in [5.74, 6) is -3.62. The first-order valence-electron chi connectivity index (χ1n) is 7.68. The van der Waals surface area contributed by atoms with Crippen molar-refractivity contribution < 1.29 is 22.0 Å². The Bertz CT molecular complexity index is 1060. The Hall–Kier alpha value is -3.14. The van der Waals surface area contributed by atoms with Gasteiger partial charge in [0.2, 0.25) is 0 Å². The maximum atomic E-state index is 13.2. The number of pyridine rings is 2. The van der Waals surface area contributed by atoms with Gasteiger partial charge in [-0.15, -0.1) is 0 Å². The molecule has 0 spiro atoms. The van der Waals surface area contributed by atoms with E-state index in [1.165, 1.54) is 30.7 Å². The Kier molecular flexibility index (Phi) is 4.75. The van der Waals surface area contributed by atoms with Gasteiger partial charge in [-0.3, -0.25) is 9.78 Å². The molecule has 3 aromatic rings. The molecule has 0 radical (unpaired) electrons. The van der Waals surface area contributed by atoms with Gasteiger partial charge in [0.1, 0.15) is 5.69 Å². The predicted molar refractivity (Wildman–Crippen MR) is 93.0 cm³/mol. The molecule has 0 aromatic carbocycles. The molecular formula is C17H14F2N4O3S. The molecule has 10 heteroatoms. The third kappa shape index (κ3) is 4.00. The van der Waals surface area contributed by atoms with Gasteiger partial charge in [-0.25, -0.2) is 17.7 Å². The van der Waals surface area contributed by atoms with Crippen LogP contribution in [0.4, 0.5) is 14.5 Å². The molecule has 27 heavy (non-hydrogen) atoms. The molecule has 0 bridgehead atoms. The van der Waals surface area contributed by atoms with Crippen molar-refractivity contribution in [3.63, 3.8) is 0 Å². The van der Waals surface area contributed by atoms with Crippen molar-refractivity contribution in [3.8, 4) is 0 Å². The minimum atomic E-state index is -4.09. The second-order valence-electron chi connectivity index (χ2n) is 5.68. The third-order valence-electron chi connectivity index (χ3n) is 3.61. The highest BCUT2D eigenvalue weighted by molar-refractivity contribution is 7.89. The molecule has 0 saturated heterocycles. The van der Waals surface area contributed by atoms with Crippen LogP contribution < -0.4 is 5.32 Å². The fraction of sp³-hybridized carbons (Fsp3) is 0.118. The van der Waals surface area contributed by atoms with Crippen LogP contribution in [0.2, 0.25) is 0 Å². The standard InChI is InChI=1S/C17H14F2N4O3S/c1-17(18,19)12-5-6-15(21-10-12)27(25,26)23-9-7-13(11-23)22-16(24)14-4-2-3-8-20-14/h2-11H,1H3,(H,22,24). The van der Waals surface area contributed by atoms with Crippen molar-refractivity contribution in [2.24, 2.45) is 0 Å². The number of amides is 1. The van der Waals surface area contributed by atoms with Gasteiger partial charge in [-0.05, 0) is 30.3 Å². The summed E-state index contributed by atoms with van der Waals surface area (Å²) in [6.07, 6.45) is 4.67. The zero-order valence-corrected chi connectivity index (χ0v) is 14.8. The summed E-state index contributed by atoms with van der Waals surface area (Å²) in [4.78, 5) is 19.6. The lowest BCUT2D eigenvalue weighted by Gasteiger charge is -2.10. The molecule has 1 N–H and O–H groups in total. The monoisotopic (exact) mass is 392 g/mol. The highest BCUT2D eigenvalue weighted by Crippen LogP contribution is 2.27. The van der Waals surface area contributed by atoms with Crippen molar-refractivity contribution in [3.05, 3.63) is 72.4 Å². The lowest BCUT2D eigenvalue weighted by molar-refractivity contribution is 0.0170. The van der Waals surface area contributed by atoms with E-state index in [0.717, 1.165) is 22.3 Å². The summed E-state index contributed by atoms with van der Waals surface area (Å²) >= 11 is 0. The van der Waals surface area contributed by atoms with Crippen LogP contribution in [0, 0.1) is 0 Å². The van der Waals surface area contributed by atoms with E-state index >= 15 is 0 Å². The average Bonchev–Trinajstić information content (AvgIpc) is 3.11. The van der Waals surface area contributed by atoms with Crippen LogP contribution in [-0.4, -0.2) is 28.3 Å². The van der Waals surface area contributed by atoms with Gasteiger partial charge in [0.25, 0.3) is 21.9 Å². The number of anilines is 1. The van der Waals surface area contributed by atoms with Crippen molar-refractivity contribution >= 4 is 21.6 Å². The second kappa shape index (κ2) is 6.88. The summed E-state index contributed by atoms with van der Waals surface area (Å²) < 4.78 is 52.4. The Balaban J connectivity index is 1.81. The summed E-state index contributed by atoms with van der Waals surface area (Å²) in [6, 6.07) is 8.21. The second-order valence-corrected chi connectivity index (χ2v) is 7.47. The highest BCUT2D eigenvalue weighted by atomic mass is 32.2. The molecule has 3 heterocycles. The van der Waals surface area contributed by atoms with Gasteiger partial charge in [-0.2, -0.15) is 8.42 Å². The van der Waals surface area contributed by atoms with Crippen LogP contribution in [0.3, 0.4) is 0 Å². The number of alkyl halides is 2. The fourth-order valence-corrected chi connectivity index (χ4v) is 3.31. The lowest BCUT2D eigenvalue weighted by Crippen LogP contribution is -2.15. The van der Waals surface area contributed by atoms with E-state index < -0.39 is 32.4 Å². The van der Waals surface area contributed by atoms with Gasteiger partial charge < -0.3 is 5.32 Å². The average molecular weight is 392 g/mol. The molecule has 140 valence electrons. The Labute approximate surface area is 153 Å². The minimum Gasteiger partial charge on any atom is -0.319 e. The molecule has 0 fully saturated rings. The zero-order chi connectivity index (χ0) is 19.7. The molecule has 7 nitrogen and oxygen atoms in total. The minimum absolute atomic E-state index is 0.172. The molecule has 0 saturated carbocycles. The Morgan fingerprint density at radius 3 is 2.52 bits per heavy atom.